The molecule has 1 saturated carbocycles. The minimum absolute atomic E-state index is 0.119. The third kappa shape index (κ3) is 4.92. The Bertz CT molecular complexity index is 245. The lowest BCUT2D eigenvalue weighted by Gasteiger charge is -2.28. The fourth-order valence-corrected chi connectivity index (χ4v) is 2.43. The van der Waals surface area contributed by atoms with Crippen molar-refractivity contribution in [1.29, 1.82) is 0 Å². The summed E-state index contributed by atoms with van der Waals surface area (Å²) in [6, 6.07) is 0. The van der Waals surface area contributed by atoms with Crippen molar-refractivity contribution >= 4 is 5.91 Å². The second kappa shape index (κ2) is 7.71. The first kappa shape index (κ1) is 15.4. The van der Waals surface area contributed by atoms with E-state index in [4.69, 9.17) is 15.2 Å². The molecule has 1 amide bonds. The molecule has 0 saturated heterocycles. The molecule has 0 spiro atoms. The molecule has 2 N–H and O–H groups in total. The third-order valence-corrected chi connectivity index (χ3v) is 3.59. The molecule has 5 nitrogen and oxygen atoms in total. The molecule has 1 fully saturated rings. The molecule has 0 aliphatic heterocycles. The largest absolute Gasteiger partial charge is 0.383 e. The average Bonchev–Trinajstić information content (AvgIpc) is 2.75. The van der Waals surface area contributed by atoms with Gasteiger partial charge in [0.2, 0.25) is 5.91 Å². The van der Waals surface area contributed by atoms with Crippen LogP contribution in [0.5, 0.6) is 0 Å². The number of nitrogens with zero attached hydrogens (tertiary/aromatic N) is 1. The summed E-state index contributed by atoms with van der Waals surface area (Å²) >= 11 is 0. The summed E-state index contributed by atoms with van der Waals surface area (Å²) in [5.74, 6) is 0.119. The molecule has 18 heavy (non-hydrogen) atoms. The van der Waals surface area contributed by atoms with Crippen LogP contribution >= 0.6 is 0 Å². The summed E-state index contributed by atoms with van der Waals surface area (Å²) in [5, 5.41) is 0. The van der Waals surface area contributed by atoms with E-state index >= 15 is 0 Å². The smallest absolute Gasteiger partial charge is 0.224 e. The van der Waals surface area contributed by atoms with Gasteiger partial charge in [-0.1, -0.05) is 12.8 Å². The van der Waals surface area contributed by atoms with Crippen LogP contribution in [-0.2, 0) is 14.3 Å². The van der Waals surface area contributed by atoms with Gasteiger partial charge in [-0.05, 0) is 12.8 Å². The number of ether oxygens (including phenoxy) is 2. The van der Waals surface area contributed by atoms with Crippen LogP contribution in [0.4, 0.5) is 0 Å². The topological polar surface area (TPSA) is 64.8 Å². The van der Waals surface area contributed by atoms with Crippen molar-refractivity contribution in [3.8, 4) is 0 Å². The van der Waals surface area contributed by atoms with Gasteiger partial charge in [-0.15, -0.1) is 0 Å². The molecule has 0 aromatic rings. The summed E-state index contributed by atoms with van der Waals surface area (Å²) in [6.45, 7) is 2.31. The van der Waals surface area contributed by atoms with Crippen LogP contribution in [0.1, 0.15) is 32.1 Å². The van der Waals surface area contributed by atoms with Crippen LogP contribution < -0.4 is 5.73 Å². The van der Waals surface area contributed by atoms with E-state index < -0.39 is 0 Å². The lowest BCUT2D eigenvalue weighted by Crippen LogP contribution is -2.45. The minimum atomic E-state index is -0.282. The van der Waals surface area contributed by atoms with Crippen molar-refractivity contribution in [1.82, 2.24) is 4.90 Å². The molecule has 5 heteroatoms. The van der Waals surface area contributed by atoms with Gasteiger partial charge in [0.25, 0.3) is 0 Å². The Morgan fingerprint density at radius 1 is 1.17 bits per heavy atom. The third-order valence-electron chi connectivity index (χ3n) is 3.59. The average molecular weight is 258 g/mol. The molecule has 1 rings (SSSR count). The van der Waals surface area contributed by atoms with Crippen LogP contribution in [0.25, 0.3) is 0 Å². The van der Waals surface area contributed by atoms with Gasteiger partial charge < -0.3 is 20.1 Å². The highest BCUT2D eigenvalue weighted by atomic mass is 16.5. The molecular formula is C13H26N2O3. The number of carbonyl (C=O) groups is 1. The highest BCUT2D eigenvalue weighted by Gasteiger charge is 2.33. The van der Waals surface area contributed by atoms with Crippen molar-refractivity contribution < 1.29 is 14.3 Å². The molecule has 0 unspecified atom stereocenters. The highest BCUT2D eigenvalue weighted by molar-refractivity contribution is 5.77. The van der Waals surface area contributed by atoms with E-state index in [0.29, 0.717) is 32.7 Å². The number of hydrogen-bond acceptors (Lipinski definition) is 4. The van der Waals surface area contributed by atoms with Crippen molar-refractivity contribution in [3.05, 3.63) is 0 Å². The molecule has 106 valence electrons. The van der Waals surface area contributed by atoms with Gasteiger partial charge in [0.1, 0.15) is 0 Å². The van der Waals surface area contributed by atoms with Gasteiger partial charge in [0.05, 0.1) is 13.2 Å². The molecular weight excluding hydrogens is 232 g/mol. The van der Waals surface area contributed by atoms with Gasteiger partial charge in [0, 0.05) is 39.3 Å². The monoisotopic (exact) mass is 258 g/mol. The normalized spacial score (nSPS) is 17.9. The predicted octanol–water partition coefficient (Wildman–Crippen LogP) is 0.769. The second-order valence-electron chi connectivity index (χ2n) is 5.11. The van der Waals surface area contributed by atoms with E-state index in [2.05, 4.69) is 0 Å². The Morgan fingerprint density at radius 3 is 2.11 bits per heavy atom. The van der Waals surface area contributed by atoms with Crippen LogP contribution in [0, 0.1) is 0 Å². The zero-order valence-corrected chi connectivity index (χ0v) is 11.6. The van der Waals surface area contributed by atoms with Gasteiger partial charge in [-0.25, -0.2) is 0 Å². The van der Waals surface area contributed by atoms with Gasteiger partial charge in [0.15, 0.2) is 0 Å². The first-order chi connectivity index (χ1) is 8.61. The molecule has 0 aromatic heterocycles. The molecule has 1 aliphatic carbocycles. The maximum absolute atomic E-state index is 12.3. The first-order valence-electron chi connectivity index (χ1n) is 6.66. The van der Waals surface area contributed by atoms with Crippen molar-refractivity contribution in [2.75, 3.05) is 40.5 Å². The van der Waals surface area contributed by atoms with Crippen molar-refractivity contribution in [2.45, 2.75) is 37.6 Å². The summed E-state index contributed by atoms with van der Waals surface area (Å²) in [6.07, 6.45) is 4.64. The van der Waals surface area contributed by atoms with Gasteiger partial charge in [-0.2, -0.15) is 0 Å². The Hall–Kier alpha value is -0.650. The fourth-order valence-electron chi connectivity index (χ4n) is 2.43. The van der Waals surface area contributed by atoms with Crippen LogP contribution in [-0.4, -0.2) is 56.9 Å². The molecule has 0 heterocycles. The van der Waals surface area contributed by atoms with Gasteiger partial charge in [-0.3, -0.25) is 4.79 Å². The maximum Gasteiger partial charge on any atom is 0.224 e. The minimum Gasteiger partial charge on any atom is -0.383 e. The molecule has 0 aromatic carbocycles. The fraction of sp³-hybridized carbons (Fsp3) is 0.923. The van der Waals surface area contributed by atoms with E-state index in [1.54, 1.807) is 19.1 Å². The summed E-state index contributed by atoms with van der Waals surface area (Å²) in [5.41, 5.74) is 5.96. The standard InChI is InChI=1S/C13H26N2O3/c1-17-9-7-15(8-10-18-2)12(16)11-13(14)5-3-4-6-13/h3-11,14H2,1-2H3. The van der Waals surface area contributed by atoms with Crippen molar-refractivity contribution in [3.63, 3.8) is 0 Å². The summed E-state index contributed by atoms with van der Waals surface area (Å²) in [4.78, 5) is 14.0. The van der Waals surface area contributed by atoms with E-state index in [1.165, 1.54) is 0 Å². The molecule has 0 atom stereocenters. The highest BCUT2D eigenvalue weighted by Crippen LogP contribution is 2.30. The zero-order valence-electron chi connectivity index (χ0n) is 11.6. The number of methoxy groups -OCH3 is 2. The maximum atomic E-state index is 12.3. The van der Waals surface area contributed by atoms with E-state index in [9.17, 15) is 4.79 Å². The Morgan fingerprint density at radius 2 is 1.67 bits per heavy atom. The zero-order chi connectivity index (χ0) is 13.4. The van der Waals surface area contributed by atoms with E-state index in [1.807, 2.05) is 0 Å². The number of amides is 1. The molecule has 0 radical (unpaired) electrons. The number of carbonyl (C=O) groups excluding carboxylic acids is 1. The number of hydrogen-bond donors (Lipinski definition) is 1. The first-order valence-corrected chi connectivity index (χ1v) is 6.66. The van der Waals surface area contributed by atoms with E-state index in [0.717, 1.165) is 25.7 Å². The number of nitrogens with two attached hydrogens (primary N) is 1. The number of rotatable bonds is 8. The Kier molecular flexibility index (Phi) is 6.60. The SMILES string of the molecule is COCCN(CCOC)C(=O)CC1(N)CCCC1. The summed E-state index contributed by atoms with van der Waals surface area (Å²) < 4.78 is 10.1. The summed E-state index contributed by atoms with van der Waals surface area (Å²) in [7, 11) is 3.28. The van der Waals surface area contributed by atoms with Crippen LogP contribution in [0.15, 0.2) is 0 Å². The van der Waals surface area contributed by atoms with E-state index in [-0.39, 0.29) is 11.4 Å². The quantitative estimate of drug-likeness (QED) is 0.698. The predicted molar refractivity (Wildman–Crippen MR) is 70.3 cm³/mol. The lowest BCUT2D eigenvalue weighted by atomic mass is 9.94. The Labute approximate surface area is 110 Å². The van der Waals surface area contributed by atoms with Crippen molar-refractivity contribution in [2.24, 2.45) is 5.73 Å². The Balaban J connectivity index is 2.46. The molecule has 0 bridgehead atoms. The van der Waals surface area contributed by atoms with Crippen LogP contribution in [0.3, 0.4) is 0 Å². The van der Waals surface area contributed by atoms with Crippen LogP contribution in [0.2, 0.25) is 0 Å². The van der Waals surface area contributed by atoms with Gasteiger partial charge >= 0.3 is 0 Å². The second-order valence-corrected chi connectivity index (χ2v) is 5.11. The molecule has 1 aliphatic rings. The lowest BCUT2D eigenvalue weighted by molar-refractivity contribution is -0.133.